The van der Waals surface area contributed by atoms with Gasteiger partial charge >= 0.3 is 0 Å². The number of ketones is 1. The Kier molecular flexibility index (Phi) is 5.88. The third-order valence-corrected chi connectivity index (χ3v) is 4.50. The fourth-order valence-electron chi connectivity index (χ4n) is 2.21. The molecule has 0 bridgehead atoms. The molecule has 0 fully saturated rings. The summed E-state index contributed by atoms with van der Waals surface area (Å²) < 4.78 is 5.12. The van der Waals surface area contributed by atoms with Gasteiger partial charge in [0.25, 0.3) is 0 Å². The van der Waals surface area contributed by atoms with Crippen molar-refractivity contribution in [2.24, 2.45) is 0 Å². The summed E-state index contributed by atoms with van der Waals surface area (Å²) in [5.74, 6) is 1.94. The van der Waals surface area contributed by atoms with Gasteiger partial charge in [-0.3, -0.25) is 4.79 Å². The molecule has 0 saturated heterocycles. The van der Waals surface area contributed by atoms with E-state index in [2.05, 4.69) is 19.1 Å². The van der Waals surface area contributed by atoms with Crippen molar-refractivity contribution < 1.29 is 9.53 Å². The molecule has 2 aromatic carbocycles. The van der Waals surface area contributed by atoms with Crippen molar-refractivity contribution in [1.82, 2.24) is 0 Å². The van der Waals surface area contributed by atoms with E-state index < -0.39 is 0 Å². The van der Waals surface area contributed by atoms with Crippen LogP contribution in [-0.2, 0) is 0 Å². The zero-order valence-electron chi connectivity index (χ0n) is 12.4. The number of methoxy groups -OCH3 is 1. The molecule has 0 heterocycles. The predicted molar refractivity (Wildman–Crippen MR) is 89.3 cm³/mol. The van der Waals surface area contributed by atoms with E-state index in [-0.39, 0.29) is 11.0 Å². The Bertz CT molecular complexity index is 564. The highest BCUT2D eigenvalue weighted by Gasteiger charge is 2.17. The van der Waals surface area contributed by atoms with Gasteiger partial charge in [0.05, 0.1) is 7.11 Å². The quantitative estimate of drug-likeness (QED) is 0.689. The molecule has 1 atom stereocenters. The average molecular weight is 300 g/mol. The van der Waals surface area contributed by atoms with E-state index >= 15 is 0 Å². The number of rotatable bonds is 7. The number of ether oxygens (including phenoxy) is 1. The molecule has 21 heavy (non-hydrogen) atoms. The van der Waals surface area contributed by atoms with Crippen molar-refractivity contribution in [3.8, 4) is 5.75 Å². The van der Waals surface area contributed by atoms with Gasteiger partial charge in [0.15, 0.2) is 5.78 Å². The lowest BCUT2D eigenvalue weighted by Crippen LogP contribution is -2.05. The highest BCUT2D eigenvalue weighted by molar-refractivity contribution is 7.99. The Hall–Kier alpha value is -1.74. The smallest absolute Gasteiger partial charge is 0.164 e. The summed E-state index contributed by atoms with van der Waals surface area (Å²) in [4.78, 5) is 12.4. The number of thioether (sulfide) groups is 1. The third kappa shape index (κ3) is 4.36. The molecule has 0 N–H and O–H groups in total. The highest BCUT2D eigenvalue weighted by Crippen LogP contribution is 2.33. The molecule has 3 heteroatoms. The van der Waals surface area contributed by atoms with Crippen LogP contribution in [0.3, 0.4) is 0 Å². The monoisotopic (exact) mass is 300 g/mol. The SMILES string of the molecule is CCSC(CC(=O)c1ccc(OC)cc1)c1ccccc1. The van der Waals surface area contributed by atoms with Crippen LogP contribution in [0.5, 0.6) is 5.75 Å². The maximum atomic E-state index is 12.4. The highest BCUT2D eigenvalue weighted by atomic mass is 32.2. The Morgan fingerprint density at radius 1 is 1.10 bits per heavy atom. The van der Waals surface area contributed by atoms with E-state index in [0.717, 1.165) is 17.1 Å². The first kappa shape index (κ1) is 15.6. The van der Waals surface area contributed by atoms with Crippen molar-refractivity contribution in [2.45, 2.75) is 18.6 Å². The molecular formula is C18H20O2S. The van der Waals surface area contributed by atoms with Crippen molar-refractivity contribution in [3.63, 3.8) is 0 Å². The molecule has 0 amide bonds. The minimum absolute atomic E-state index is 0.174. The summed E-state index contributed by atoms with van der Waals surface area (Å²) >= 11 is 1.81. The molecular weight excluding hydrogens is 280 g/mol. The van der Waals surface area contributed by atoms with Crippen molar-refractivity contribution in [2.75, 3.05) is 12.9 Å². The molecule has 2 aromatic rings. The first-order chi connectivity index (χ1) is 10.2. The fourth-order valence-corrected chi connectivity index (χ4v) is 3.23. The summed E-state index contributed by atoms with van der Waals surface area (Å²) in [6.45, 7) is 2.12. The van der Waals surface area contributed by atoms with Gasteiger partial charge in [0.2, 0.25) is 0 Å². The number of Topliss-reactive ketones (excluding diaryl/α,β-unsaturated/α-hetero) is 1. The van der Waals surface area contributed by atoms with E-state index in [9.17, 15) is 4.79 Å². The van der Waals surface area contributed by atoms with Crippen molar-refractivity contribution in [1.29, 1.82) is 0 Å². The van der Waals surface area contributed by atoms with Gasteiger partial charge in [0, 0.05) is 17.2 Å². The lowest BCUT2D eigenvalue weighted by atomic mass is 10.0. The Morgan fingerprint density at radius 3 is 2.33 bits per heavy atom. The molecule has 0 radical (unpaired) electrons. The van der Waals surface area contributed by atoms with Crippen LogP contribution in [0.2, 0.25) is 0 Å². The summed E-state index contributed by atoms with van der Waals surface area (Å²) in [6, 6.07) is 17.6. The molecule has 1 unspecified atom stereocenters. The van der Waals surface area contributed by atoms with E-state index in [1.807, 2.05) is 54.2 Å². The minimum Gasteiger partial charge on any atom is -0.497 e. The molecule has 0 spiro atoms. The zero-order chi connectivity index (χ0) is 15.1. The van der Waals surface area contributed by atoms with Crippen molar-refractivity contribution >= 4 is 17.5 Å². The van der Waals surface area contributed by atoms with Crippen LogP contribution in [0, 0.1) is 0 Å². The Morgan fingerprint density at radius 2 is 1.76 bits per heavy atom. The van der Waals surface area contributed by atoms with Gasteiger partial charge in [-0.1, -0.05) is 37.3 Å². The molecule has 2 rings (SSSR count). The lowest BCUT2D eigenvalue weighted by Gasteiger charge is -2.15. The number of benzene rings is 2. The first-order valence-electron chi connectivity index (χ1n) is 7.08. The standard InChI is InChI=1S/C18H20O2S/c1-3-21-18(15-7-5-4-6-8-15)13-17(19)14-9-11-16(20-2)12-10-14/h4-12,18H,3,13H2,1-2H3. The topological polar surface area (TPSA) is 26.3 Å². The second-order valence-corrected chi connectivity index (χ2v) is 6.19. The normalized spacial score (nSPS) is 11.9. The summed E-state index contributed by atoms with van der Waals surface area (Å²) in [6.07, 6.45) is 0.523. The van der Waals surface area contributed by atoms with Crippen LogP contribution in [0.25, 0.3) is 0 Å². The molecule has 0 aromatic heterocycles. The summed E-state index contributed by atoms with van der Waals surface area (Å²) in [7, 11) is 1.63. The van der Waals surface area contributed by atoms with Gasteiger partial charge in [-0.05, 0) is 35.6 Å². The van der Waals surface area contributed by atoms with Crippen molar-refractivity contribution in [3.05, 3.63) is 65.7 Å². The van der Waals surface area contributed by atoms with Gasteiger partial charge in [-0.15, -0.1) is 0 Å². The number of carbonyl (C=O) groups is 1. The lowest BCUT2D eigenvalue weighted by molar-refractivity contribution is 0.0982. The van der Waals surface area contributed by atoms with Crippen LogP contribution in [0.15, 0.2) is 54.6 Å². The number of hydrogen-bond donors (Lipinski definition) is 0. The Balaban J connectivity index is 2.10. The maximum absolute atomic E-state index is 12.4. The van der Waals surface area contributed by atoms with Gasteiger partial charge < -0.3 is 4.74 Å². The van der Waals surface area contributed by atoms with Crippen LogP contribution < -0.4 is 4.74 Å². The van der Waals surface area contributed by atoms with Crippen LogP contribution in [-0.4, -0.2) is 18.6 Å². The van der Waals surface area contributed by atoms with E-state index in [0.29, 0.717) is 6.42 Å². The van der Waals surface area contributed by atoms with Gasteiger partial charge in [-0.2, -0.15) is 11.8 Å². The average Bonchev–Trinajstić information content (AvgIpc) is 2.55. The number of hydrogen-bond acceptors (Lipinski definition) is 3. The fraction of sp³-hybridized carbons (Fsp3) is 0.278. The van der Waals surface area contributed by atoms with Gasteiger partial charge in [0.1, 0.15) is 5.75 Å². The molecule has 0 saturated carbocycles. The maximum Gasteiger partial charge on any atom is 0.164 e. The zero-order valence-corrected chi connectivity index (χ0v) is 13.2. The minimum atomic E-state index is 0.174. The third-order valence-electron chi connectivity index (χ3n) is 3.32. The molecule has 110 valence electrons. The second kappa shape index (κ2) is 7.89. The molecule has 0 aliphatic rings. The number of carbonyl (C=O) groups excluding carboxylic acids is 1. The van der Waals surface area contributed by atoms with Gasteiger partial charge in [-0.25, -0.2) is 0 Å². The van der Waals surface area contributed by atoms with E-state index in [4.69, 9.17) is 4.74 Å². The van der Waals surface area contributed by atoms with E-state index in [1.54, 1.807) is 7.11 Å². The van der Waals surface area contributed by atoms with Crippen LogP contribution in [0.4, 0.5) is 0 Å². The largest absolute Gasteiger partial charge is 0.497 e. The summed E-state index contributed by atoms with van der Waals surface area (Å²) in [5, 5.41) is 0.214. The van der Waals surface area contributed by atoms with Crippen LogP contribution >= 0.6 is 11.8 Å². The first-order valence-corrected chi connectivity index (χ1v) is 8.13. The summed E-state index contributed by atoms with van der Waals surface area (Å²) in [5.41, 5.74) is 1.96. The predicted octanol–water partition coefficient (Wildman–Crippen LogP) is 4.76. The molecule has 0 aliphatic heterocycles. The second-order valence-electron chi connectivity index (χ2n) is 4.71. The molecule has 0 aliphatic carbocycles. The molecule has 2 nitrogen and oxygen atoms in total. The van der Waals surface area contributed by atoms with E-state index in [1.165, 1.54) is 5.56 Å². The Labute approximate surface area is 130 Å². The van der Waals surface area contributed by atoms with Crippen LogP contribution in [0.1, 0.15) is 34.5 Å².